The summed E-state index contributed by atoms with van der Waals surface area (Å²) in [5.41, 5.74) is 0.703. The zero-order valence-corrected chi connectivity index (χ0v) is 12.4. The number of pyridine rings is 1. The molecule has 0 aliphatic heterocycles. The van der Waals surface area contributed by atoms with E-state index in [-0.39, 0.29) is 11.5 Å². The number of halogens is 1. The molecule has 0 amide bonds. The molecule has 19 heavy (non-hydrogen) atoms. The molecule has 98 valence electrons. The number of anilines is 2. The van der Waals surface area contributed by atoms with Crippen LogP contribution in [-0.4, -0.2) is 16.2 Å². The number of benzene rings is 1. The Balaban J connectivity index is 2.34. The summed E-state index contributed by atoms with van der Waals surface area (Å²) in [5, 5.41) is 14.0. The number of thioether (sulfide) groups is 1. The predicted octanol–water partition coefficient (Wildman–Crippen LogP) is 4.22. The Morgan fingerprint density at radius 2 is 2.21 bits per heavy atom. The molecule has 0 fully saturated rings. The van der Waals surface area contributed by atoms with Gasteiger partial charge in [-0.2, -0.15) is 0 Å². The first kappa shape index (κ1) is 13.8. The molecule has 1 N–H and O–H groups in total. The topological polar surface area (TPSA) is 68.1 Å². The normalized spacial score (nSPS) is 10.2. The largest absolute Gasteiger partial charge is 0.334 e. The van der Waals surface area contributed by atoms with Crippen LogP contribution in [0, 0.1) is 10.1 Å². The van der Waals surface area contributed by atoms with Crippen molar-refractivity contribution in [1.29, 1.82) is 0 Å². The highest BCUT2D eigenvalue weighted by Gasteiger charge is 2.16. The molecular formula is C12H10BrN3O2S. The van der Waals surface area contributed by atoms with Gasteiger partial charge in [0.15, 0.2) is 0 Å². The van der Waals surface area contributed by atoms with Crippen LogP contribution in [0.4, 0.5) is 17.2 Å². The molecule has 0 unspecified atom stereocenters. The number of nitro groups is 1. The van der Waals surface area contributed by atoms with Crippen molar-refractivity contribution >= 4 is 44.9 Å². The summed E-state index contributed by atoms with van der Waals surface area (Å²) in [4.78, 5) is 15.6. The standard InChI is InChI=1S/C12H10BrN3O2S/c1-19-10-4-2-3-9(6-10)15-12-11(16(17)18)5-8(13)7-14-12/h2-7H,1H3,(H,14,15). The van der Waals surface area contributed by atoms with Crippen molar-refractivity contribution in [2.24, 2.45) is 0 Å². The monoisotopic (exact) mass is 339 g/mol. The van der Waals surface area contributed by atoms with Gasteiger partial charge in [-0.1, -0.05) is 6.07 Å². The Hall–Kier alpha value is -1.60. The summed E-state index contributed by atoms with van der Waals surface area (Å²) in [6.07, 6.45) is 3.49. The first-order valence-corrected chi connectivity index (χ1v) is 7.33. The van der Waals surface area contributed by atoms with Gasteiger partial charge in [-0.3, -0.25) is 10.1 Å². The van der Waals surface area contributed by atoms with Gasteiger partial charge in [0.2, 0.25) is 5.82 Å². The molecule has 0 saturated carbocycles. The van der Waals surface area contributed by atoms with Gasteiger partial charge in [0, 0.05) is 27.3 Å². The van der Waals surface area contributed by atoms with Crippen LogP contribution >= 0.6 is 27.7 Å². The molecule has 2 aromatic rings. The Kier molecular flexibility index (Phi) is 4.39. The fourth-order valence-electron chi connectivity index (χ4n) is 1.50. The number of hydrogen-bond donors (Lipinski definition) is 1. The van der Waals surface area contributed by atoms with Crippen LogP contribution in [0.3, 0.4) is 0 Å². The lowest BCUT2D eigenvalue weighted by Crippen LogP contribution is -1.99. The van der Waals surface area contributed by atoms with Crippen LogP contribution < -0.4 is 5.32 Å². The molecular weight excluding hydrogens is 330 g/mol. The van der Waals surface area contributed by atoms with Crippen LogP contribution in [-0.2, 0) is 0 Å². The fraction of sp³-hybridized carbons (Fsp3) is 0.0833. The molecule has 1 aromatic carbocycles. The highest BCUT2D eigenvalue weighted by molar-refractivity contribution is 9.10. The smallest absolute Gasteiger partial charge is 0.312 e. The lowest BCUT2D eigenvalue weighted by atomic mass is 10.3. The third-order valence-corrected chi connectivity index (χ3v) is 3.52. The van der Waals surface area contributed by atoms with Crippen molar-refractivity contribution < 1.29 is 4.92 Å². The summed E-state index contributed by atoms with van der Waals surface area (Å²) in [7, 11) is 0. The number of aromatic nitrogens is 1. The zero-order valence-electron chi connectivity index (χ0n) is 9.96. The van der Waals surface area contributed by atoms with E-state index < -0.39 is 4.92 Å². The highest BCUT2D eigenvalue weighted by Crippen LogP contribution is 2.29. The minimum Gasteiger partial charge on any atom is -0.334 e. The zero-order chi connectivity index (χ0) is 13.8. The third kappa shape index (κ3) is 3.45. The molecule has 0 aliphatic rings. The number of nitrogens with zero attached hydrogens (tertiary/aromatic N) is 2. The van der Waals surface area contributed by atoms with Crippen LogP contribution in [0.15, 0.2) is 45.9 Å². The van der Waals surface area contributed by atoms with E-state index in [4.69, 9.17) is 0 Å². The van der Waals surface area contributed by atoms with E-state index in [1.165, 1.54) is 12.3 Å². The van der Waals surface area contributed by atoms with Crippen LogP contribution in [0.25, 0.3) is 0 Å². The second kappa shape index (κ2) is 6.03. The quantitative estimate of drug-likeness (QED) is 0.513. The maximum atomic E-state index is 11.0. The molecule has 2 rings (SSSR count). The summed E-state index contributed by atoms with van der Waals surface area (Å²) in [5.74, 6) is 0.228. The van der Waals surface area contributed by atoms with E-state index >= 15 is 0 Å². The molecule has 0 spiro atoms. The third-order valence-electron chi connectivity index (χ3n) is 2.36. The maximum absolute atomic E-state index is 11.0. The van der Waals surface area contributed by atoms with Crippen molar-refractivity contribution in [1.82, 2.24) is 4.98 Å². The molecule has 5 nitrogen and oxygen atoms in total. The van der Waals surface area contributed by atoms with Crippen molar-refractivity contribution in [3.05, 3.63) is 51.1 Å². The summed E-state index contributed by atoms with van der Waals surface area (Å²) < 4.78 is 0.572. The van der Waals surface area contributed by atoms with Crippen molar-refractivity contribution in [2.75, 3.05) is 11.6 Å². The van der Waals surface area contributed by atoms with Crippen molar-refractivity contribution in [3.63, 3.8) is 0 Å². The Morgan fingerprint density at radius 3 is 2.89 bits per heavy atom. The predicted molar refractivity (Wildman–Crippen MR) is 80.1 cm³/mol. The molecule has 7 heteroatoms. The maximum Gasteiger partial charge on any atom is 0.312 e. The number of nitrogens with one attached hydrogen (secondary N) is 1. The second-order valence-electron chi connectivity index (χ2n) is 3.64. The van der Waals surface area contributed by atoms with Crippen LogP contribution in [0.1, 0.15) is 0 Å². The number of hydrogen-bond acceptors (Lipinski definition) is 5. The Labute approximate surface area is 122 Å². The fourth-order valence-corrected chi connectivity index (χ4v) is 2.28. The lowest BCUT2D eigenvalue weighted by molar-refractivity contribution is -0.384. The van der Waals surface area contributed by atoms with E-state index in [1.807, 2.05) is 30.5 Å². The van der Waals surface area contributed by atoms with Crippen molar-refractivity contribution in [3.8, 4) is 0 Å². The van der Waals surface area contributed by atoms with Crippen LogP contribution in [0.2, 0.25) is 0 Å². The number of rotatable bonds is 4. The van der Waals surface area contributed by atoms with E-state index in [9.17, 15) is 10.1 Å². The Morgan fingerprint density at radius 1 is 1.42 bits per heavy atom. The van der Waals surface area contributed by atoms with Gasteiger partial charge in [-0.15, -0.1) is 11.8 Å². The van der Waals surface area contributed by atoms with E-state index in [0.717, 1.165) is 10.6 Å². The molecule has 0 saturated heterocycles. The van der Waals surface area contributed by atoms with Gasteiger partial charge in [-0.25, -0.2) is 4.98 Å². The van der Waals surface area contributed by atoms with Crippen molar-refractivity contribution in [2.45, 2.75) is 4.90 Å². The SMILES string of the molecule is CSc1cccc(Nc2ncc(Br)cc2[N+](=O)[O-])c1. The molecule has 0 bridgehead atoms. The minimum atomic E-state index is -0.460. The van der Waals surface area contributed by atoms with E-state index in [0.29, 0.717) is 4.47 Å². The first-order chi connectivity index (χ1) is 9.10. The lowest BCUT2D eigenvalue weighted by Gasteiger charge is -2.07. The highest BCUT2D eigenvalue weighted by atomic mass is 79.9. The van der Waals surface area contributed by atoms with Gasteiger partial charge in [-0.05, 0) is 40.4 Å². The summed E-state index contributed by atoms with van der Waals surface area (Å²) in [6, 6.07) is 9.04. The average molecular weight is 340 g/mol. The summed E-state index contributed by atoms with van der Waals surface area (Å²) in [6.45, 7) is 0. The molecule has 0 atom stereocenters. The average Bonchev–Trinajstić information content (AvgIpc) is 2.41. The first-order valence-electron chi connectivity index (χ1n) is 5.31. The van der Waals surface area contributed by atoms with Gasteiger partial charge >= 0.3 is 5.69 Å². The minimum absolute atomic E-state index is 0.0658. The van der Waals surface area contributed by atoms with Gasteiger partial charge in [0.05, 0.1) is 4.92 Å². The second-order valence-corrected chi connectivity index (χ2v) is 5.43. The molecule has 0 aliphatic carbocycles. The Bertz CT molecular complexity index is 622. The van der Waals surface area contributed by atoms with Gasteiger partial charge in [0.25, 0.3) is 0 Å². The van der Waals surface area contributed by atoms with E-state index in [1.54, 1.807) is 11.8 Å². The molecule has 1 aromatic heterocycles. The summed E-state index contributed by atoms with van der Waals surface area (Å²) >= 11 is 4.78. The van der Waals surface area contributed by atoms with E-state index in [2.05, 4.69) is 26.2 Å². The molecule has 1 heterocycles. The van der Waals surface area contributed by atoms with Gasteiger partial charge < -0.3 is 5.32 Å². The van der Waals surface area contributed by atoms with Crippen LogP contribution in [0.5, 0.6) is 0 Å². The van der Waals surface area contributed by atoms with Gasteiger partial charge in [0.1, 0.15) is 0 Å². The molecule has 0 radical (unpaired) electrons.